The van der Waals surface area contributed by atoms with Gasteiger partial charge in [0.2, 0.25) is 0 Å². The number of carbonyl (C=O) groups excluding carboxylic acids is 1. The van der Waals surface area contributed by atoms with Crippen LogP contribution in [0.2, 0.25) is 0 Å². The van der Waals surface area contributed by atoms with Gasteiger partial charge in [0, 0.05) is 38.6 Å². The zero-order valence-corrected chi connectivity index (χ0v) is 13.0. The molecular weight excluding hydrogens is 288 g/mol. The quantitative estimate of drug-likeness (QED) is 0.852. The molecule has 4 heterocycles. The molecule has 2 fully saturated rings. The van der Waals surface area contributed by atoms with Crippen LogP contribution < -0.4 is 4.90 Å². The molecule has 2 aromatic heterocycles. The van der Waals surface area contributed by atoms with Crippen LogP contribution in [0, 0.1) is 11.8 Å². The molecule has 2 saturated heterocycles. The zero-order chi connectivity index (χ0) is 15.6. The monoisotopic (exact) mass is 308 g/mol. The average Bonchev–Trinajstić information content (AvgIpc) is 3.06. The van der Waals surface area contributed by atoms with Crippen molar-refractivity contribution >= 4 is 11.6 Å². The first kappa shape index (κ1) is 14.2. The Morgan fingerprint density at radius 1 is 1.04 bits per heavy atom. The van der Waals surface area contributed by atoms with Crippen LogP contribution in [0.5, 0.6) is 0 Å². The lowest BCUT2D eigenvalue weighted by Crippen LogP contribution is -2.40. The third kappa shape index (κ3) is 2.79. The fourth-order valence-electron chi connectivity index (χ4n) is 3.76. The van der Waals surface area contributed by atoms with Crippen molar-refractivity contribution in [3.63, 3.8) is 0 Å². The summed E-state index contributed by atoms with van der Waals surface area (Å²) in [6.07, 6.45) is 6.54. The molecule has 0 spiro atoms. The van der Waals surface area contributed by atoms with Crippen LogP contribution in [0.1, 0.15) is 16.9 Å². The summed E-state index contributed by atoms with van der Waals surface area (Å²) in [7, 11) is 0. The number of piperidine rings is 1. The van der Waals surface area contributed by atoms with Crippen LogP contribution in [0.15, 0.2) is 48.9 Å². The van der Waals surface area contributed by atoms with Gasteiger partial charge in [-0.3, -0.25) is 14.8 Å². The number of rotatable bonds is 2. The van der Waals surface area contributed by atoms with Crippen LogP contribution in [0.4, 0.5) is 5.69 Å². The normalized spacial score (nSPS) is 23.7. The predicted octanol–water partition coefficient (Wildman–Crippen LogP) is 2.08. The molecule has 5 nitrogen and oxygen atoms in total. The third-order valence-corrected chi connectivity index (χ3v) is 4.98. The van der Waals surface area contributed by atoms with E-state index in [1.807, 2.05) is 29.3 Å². The Hall–Kier alpha value is -2.43. The van der Waals surface area contributed by atoms with Crippen molar-refractivity contribution in [2.24, 2.45) is 11.8 Å². The summed E-state index contributed by atoms with van der Waals surface area (Å²) in [6, 6.07) is 9.60. The highest BCUT2D eigenvalue weighted by Gasteiger charge is 2.39. The van der Waals surface area contributed by atoms with Crippen molar-refractivity contribution in [2.45, 2.75) is 6.42 Å². The molecule has 0 aromatic carbocycles. The highest BCUT2D eigenvalue weighted by molar-refractivity contribution is 5.92. The maximum atomic E-state index is 12.6. The predicted molar refractivity (Wildman–Crippen MR) is 88.2 cm³/mol. The molecule has 2 aliphatic heterocycles. The Labute approximate surface area is 136 Å². The maximum absolute atomic E-state index is 12.6. The van der Waals surface area contributed by atoms with E-state index in [4.69, 9.17) is 0 Å². The summed E-state index contributed by atoms with van der Waals surface area (Å²) in [4.78, 5) is 25.4. The van der Waals surface area contributed by atoms with Gasteiger partial charge in [-0.15, -0.1) is 0 Å². The number of pyridine rings is 2. The first-order chi connectivity index (χ1) is 11.3. The van der Waals surface area contributed by atoms with E-state index in [0.717, 1.165) is 32.6 Å². The maximum Gasteiger partial charge on any atom is 0.272 e. The van der Waals surface area contributed by atoms with Gasteiger partial charge in [-0.2, -0.15) is 0 Å². The number of carbonyl (C=O) groups is 1. The molecule has 2 atom stereocenters. The van der Waals surface area contributed by atoms with Crippen LogP contribution in [-0.4, -0.2) is 47.0 Å². The molecule has 4 rings (SSSR count). The van der Waals surface area contributed by atoms with Gasteiger partial charge in [0.05, 0.1) is 11.9 Å². The molecule has 5 heteroatoms. The van der Waals surface area contributed by atoms with E-state index in [9.17, 15) is 4.79 Å². The lowest BCUT2D eigenvalue weighted by Gasteiger charge is -2.35. The minimum atomic E-state index is 0.0629. The van der Waals surface area contributed by atoms with Gasteiger partial charge in [0.15, 0.2) is 0 Å². The Bertz CT molecular complexity index is 676. The van der Waals surface area contributed by atoms with Crippen LogP contribution in [0.25, 0.3) is 0 Å². The summed E-state index contributed by atoms with van der Waals surface area (Å²) < 4.78 is 0. The number of hydrogen-bond acceptors (Lipinski definition) is 4. The van der Waals surface area contributed by atoms with E-state index in [1.54, 1.807) is 18.5 Å². The minimum Gasteiger partial charge on any atom is -0.370 e. The smallest absolute Gasteiger partial charge is 0.272 e. The van der Waals surface area contributed by atoms with E-state index in [0.29, 0.717) is 17.5 Å². The van der Waals surface area contributed by atoms with Gasteiger partial charge >= 0.3 is 0 Å². The zero-order valence-electron chi connectivity index (χ0n) is 13.0. The largest absolute Gasteiger partial charge is 0.370 e. The number of aromatic nitrogens is 2. The van der Waals surface area contributed by atoms with Gasteiger partial charge in [-0.1, -0.05) is 6.07 Å². The molecular formula is C18H20N4O. The highest BCUT2D eigenvalue weighted by Crippen LogP contribution is 2.33. The number of amides is 1. The van der Waals surface area contributed by atoms with E-state index in [1.165, 1.54) is 5.69 Å². The van der Waals surface area contributed by atoms with Gasteiger partial charge in [-0.25, -0.2) is 0 Å². The topological polar surface area (TPSA) is 49.3 Å². The molecule has 0 unspecified atom stereocenters. The molecule has 118 valence electrons. The molecule has 0 bridgehead atoms. The lowest BCUT2D eigenvalue weighted by atomic mass is 9.88. The number of hydrogen-bond donors (Lipinski definition) is 0. The standard InChI is InChI=1S/C18H20N4O/c23-18(17-5-1-2-8-20-17)22-11-14-6-9-21(12-15(14)13-22)16-4-3-7-19-10-16/h1-5,7-8,10,14-15H,6,9,11-13H2/t14-,15+/m1/s1. The van der Waals surface area contributed by atoms with Gasteiger partial charge in [0.1, 0.15) is 5.69 Å². The first-order valence-electron chi connectivity index (χ1n) is 8.16. The van der Waals surface area contributed by atoms with Crippen molar-refractivity contribution < 1.29 is 4.79 Å². The SMILES string of the molecule is O=C(c1ccccn1)N1C[C@H]2CCN(c3cccnc3)C[C@H]2C1. The Kier molecular flexibility index (Phi) is 3.69. The Morgan fingerprint density at radius 3 is 2.74 bits per heavy atom. The number of likely N-dealkylation sites (tertiary alicyclic amines) is 1. The molecule has 0 radical (unpaired) electrons. The second-order valence-corrected chi connectivity index (χ2v) is 6.39. The van der Waals surface area contributed by atoms with Crippen molar-refractivity contribution in [3.05, 3.63) is 54.6 Å². The third-order valence-electron chi connectivity index (χ3n) is 4.98. The molecule has 0 aliphatic carbocycles. The second kappa shape index (κ2) is 5.99. The van der Waals surface area contributed by atoms with Crippen LogP contribution in [-0.2, 0) is 0 Å². The number of anilines is 1. The molecule has 2 aromatic rings. The summed E-state index contributed by atoms with van der Waals surface area (Å²) in [6.45, 7) is 3.73. The molecule has 2 aliphatic rings. The fraction of sp³-hybridized carbons (Fsp3) is 0.389. The van der Waals surface area contributed by atoms with Gasteiger partial charge < -0.3 is 9.80 Å². The van der Waals surface area contributed by atoms with E-state index in [-0.39, 0.29) is 5.91 Å². The average molecular weight is 308 g/mol. The van der Waals surface area contributed by atoms with Crippen LogP contribution in [0.3, 0.4) is 0 Å². The van der Waals surface area contributed by atoms with Crippen LogP contribution >= 0.6 is 0 Å². The highest BCUT2D eigenvalue weighted by atomic mass is 16.2. The Morgan fingerprint density at radius 2 is 1.96 bits per heavy atom. The summed E-state index contributed by atoms with van der Waals surface area (Å²) in [5, 5.41) is 0. The van der Waals surface area contributed by atoms with Gasteiger partial charge in [-0.05, 0) is 42.5 Å². The molecule has 1 amide bonds. The first-order valence-corrected chi connectivity index (χ1v) is 8.16. The summed E-state index contributed by atoms with van der Waals surface area (Å²) in [5.41, 5.74) is 1.73. The van der Waals surface area contributed by atoms with Crippen molar-refractivity contribution in [1.29, 1.82) is 0 Å². The minimum absolute atomic E-state index is 0.0629. The summed E-state index contributed by atoms with van der Waals surface area (Å²) in [5.74, 6) is 1.21. The fourth-order valence-corrected chi connectivity index (χ4v) is 3.76. The molecule has 0 N–H and O–H groups in total. The number of fused-ring (bicyclic) bond motifs is 1. The van der Waals surface area contributed by atoms with Crippen molar-refractivity contribution in [3.8, 4) is 0 Å². The van der Waals surface area contributed by atoms with Crippen molar-refractivity contribution in [1.82, 2.24) is 14.9 Å². The second-order valence-electron chi connectivity index (χ2n) is 6.39. The van der Waals surface area contributed by atoms with E-state index < -0.39 is 0 Å². The van der Waals surface area contributed by atoms with Crippen molar-refractivity contribution in [2.75, 3.05) is 31.1 Å². The number of nitrogens with zero attached hydrogens (tertiary/aromatic N) is 4. The van der Waals surface area contributed by atoms with E-state index in [2.05, 4.69) is 20.9 Å². The lowest BCUT2D eigenvalue weighted by molar-refractivity contribution is 0.0778. The molecule has 23 heavy (non-hydrogen) atoms. The molecule has 0 saturated carbocycles. The Balaban J connectivity index is 1.45. The van der Waals surface area contributed by atoms with Gasteiger partial charge in [0.25, 0.3) is 5.91 Å². The van der Waals surface area contributed by atoms with E-state index >= 15 is 0 Å². The summed E-state index contributed by atoms with van der Waals surface area (Å²) >= 11 is 0.